The first kappa shape index (κ1) is 33.5. The lowest BCUT2D eigenvalue weighted by molar-refractivity contribution is -0.139. The third-order valence-electron chi connectivity index (χ3n) is 4.55. The molecule has 3 N–H and O–H groups in total. The summed E-state index contributed by atoms with van der Waals surface area (Å²) in [5, 5.41) is 9.64. The molecule has 0 saturated heterocycles. The maximum atomic E-state index is 12.4. The van der Waals surface area contributed by atoms with Crippen LogP contribution in [-0.2, 0) is 23.7 Å². The third kappa shape index (κ3) is 13.2. The molecule has 0 fully saturated rings. The van der Waals surface area contributed by atoms with Crippen molar-refractivity contribution < 1.29 is 52.7 Å². The number of benzene rings is 1. The second-order valence-corrected chi connectivity index (χ2v) is 11.9. The van der Waals surface area contributed by atoms with Crippen LogP contribution in [0.1, 0.15) is 87.1 Å². The van der Waals surface area contributed by atoms with Gasteiger partial charge in [0.15, 0.2) is 11.5 Å². The van der Waals surface area contributed by atoms with Crippen molar-refractivity contribution in [3.63, 3.8) is 0 Å². The Morgan fingerprint density at radius 3 is 1.64 bits per heavy atom. The quantitative estimate of drug-likeness (QED) is 0.233. The van der Waals surface area contributed by atoms with Crippen LogP contribution in [0.2, 0.25) is 0 Å². The molecule has 12 heteroatoms. The lowest BCUT2D eigenvalue weighted by atomic mass is 9.87. The van der Waals surface area contributed by atoms with Gasteiger partial charge in [-0.2, -0.15) is 0 Å². The third-order valence-corrected chi connectivity index (χ3v) is 4.55. The summed E-state index contributed by atoms with van der Waals surface area (Å²) in [5.41, 5.74) is 3.77. The molecule has 1 aromatic carbocycles. The molecule has 0 amide bonds. The van der Waals surface area contributed by atoms with E-state index in [1.54, 1.807) is 69.2 Å². The molecule has 0 saturated carbocycles. The second kappa shape index (κ2) is 13.0. The Hall–Kier alpha value is -3.54. The number of carboxylic acids is 1. The number of carboxylic acid groups (broad SMARTS) is 1. The van der Waals surface area contributed by atoms with E-state index in [0.717, 1.165) is 0 Å². The highest BCUT2D eigenvalue weighted by Crippen LogP contribution is 2.35. The number of carbonyl (C=O) groups excluding carboxylic acids is 3. The minimum absolute atomic E-state index is 0.0230. The van der Waals surface area contributed by atoms with Gasteiger partial charge in [-0.1, -0.05) is 6.07 Å². The Balaban J connectivity index is 3.39. The topological polar surface area (TPSA) is 170 Å². The van der Waals surface area contributed by atoms with E-state index in [2.05, 4.69) is 0 Å². The van der Waals surface area contributed by atoms with E-state index in [4.69, 9.17) is 34.2 Å². The SMILES string of the molecule is CC(CC(c1ccc(OC(=O)OC(C)(C)C)c(OC(=O)OC(C)(C)C)c1)[C@H](N)C(=O)O)OC(=O)OC(C)(C)C. The summed E-state index contributed by atoms with van der Waals surface area (Å²) in [7, 11) is 0. The highest BCUT2D eigenvalue weighted by Gasteiger charge is 2.31. The molecule has 0 radical (unpaired) electrons. The molecule has 1 rings (SSSR count). The second-order valence-electron chi connectivity index (χ2n) is 11.9. The van der Waals surface area contributed by atoms with Crippen LogP contribution in [0, 0.1) is 0 Å². The lowest BCUT2D eigenvalue weighted by Crippen LogP contribution is -2.38. The maximum Gasteiger partial charge on any atom is 0.514 e. The standard InChI is InChI=1S/C27H41NO11/c1-15(34-22(31)37-25(2,3)4)13-17(20(28)21(29)30)16-11-12-18(35-23(32)38-26(5,6)7)19(14-16)36-24(33)39-27(8,9)10/h11-12,14-15,17,20H,13,28H2,1-10H3,(H,29,30)/t15?,17?,20-/m0/s1. The van der Waals surface area contributed by atoms with Crippen LogP contribution >= 0.6 is 0 Å². The first-order chi connectivity index (χ1) is 17.6. The van der Waals surface area contributed by atoms with E-state index in [-0.39, 0.29) is 17.9 Å². The fourth-order valence-corrected chi connectivity index (χ4v) is 3.15. The van der Waals surface area contributed by atoms with Gasteiger partial charge in [-0.15, -0.1) is 0 Å². The monoisotopic (exact) mass is 555 g/mol. The molecule has 0 aliphatic heterocycles. The Bertz CT molecular complexity index is 1030. The summed E-state index contributed by atoms with van der Waals surface area (Å²) in [6, 6.07) is 2.63. The minimum Gasteiger partial charge on any atom is -0.480 e. The van der Waals surface area contributed by atoms with Gasteiger partial charge < -0.3 is 39.3 Å². The first-order valence-electron chi connectivity index (χ1n) is 12.4. The summed E-state index contributed by atoms with van der Waals surface area (Å²) < 4.78 is 31.4. The molecule has 0 heterocycles. The maximum absolute atomic E-state index is 12.4. The van der Waals surface area contributed by atoms with Crippen LogP contribution in [0.15, 0.2) is 18.2 Å². The largest absolute Gasteiger partial charge is 0.514 e. The highest BCUT2D eigenvalue weighted by atomic mass is 16.8. The van der Waals surface area contributed by atoms with Crippen molar-refractivity contribution >= 4 is 24.4 Å². The van der Waals surface area contributed by atoms with Crippen LogP contribution < -0.4 is 15.2 Å². The van der Waals surface area contributed by atoms with Crippen LogP contribution in [0.3, 0.4) is 0 Å². The predicted octanol–water partition coefficient (Wildman–Crippen LogP) is 5.54. The molecular formula is C27H41NO11. The van der Waals surface area contributed by atoms with Gasteiger partial charge in [-0.25, -0.2) is 14.4 Å². The van der Waals surface area contributed by atoms with Gasteiger partial charge in [0.05, 0.1) is 0 Å². The summed E-state index contributed by atoms with van der Waals surface area (Å²) in [6.07, 6.45) is -3.89. The number of aliphatic carboxylic acids is 1. The van der Waals surface area contributed by atoms with E-state index in [1.165, 1.54) is 18.2 Å². The van der Waals surface area contributed by atoms with Crippen molar-refractivity contribution in [2.75, 3.05) is 0 Å². The summed E-state index contributed by atoms with van der Waals surface area (Å²) >= 11 is 0. The molecule has 0 spiro atoms. The molecule has 1 aromatic rings. The Labute approximate surface area is 229 Å². The van der Waals surface area contributed by atoms with Gasteiger partial charge in [0.1, 0.15) is 28.9 Å². The minimum atomic E-state index is -1.43. The molecule has 0 aromatic heterocycles. The number of ether oxygens (including phenoxy) is 6. The molecule has 2 unspecified atom stereocenters. The van der Waals surface area contributed by atoms with E-state index >= 15 is 0 Å². The zero-order chi connectivity index (χ0) is 30.3. The highest BCUT2D eigenvalue weighted by molar-refractivity contribution is 5.75. The van der Waals surface area contributed by atoms with Gasteiger partial charge in [0.25, 0.3) is 0 Å². The van der Waals surface area contributed by atoms with Crippen LogP contribution in [-0.4, -0.2) is 58.5 Å². The van der Waals surface area contributed by atoms with Crippen molar-refractivity contribution in [2.45, 2.75) is 111 Å². The molecule has 39 heavy (non-hydrogen) atoms. The average Bonchev–Trinajstić information content (AvgIpc) is 2.68. The van der Waals surface area contributed by atoms with E-state index < -0.39 is 59.3 Å². The van der Waals surface area contributed by atoms with Crippen LogP contribution in [0.25, 0.3) is 0 Å². The molecular weight excluding hydrogens is 514 g/mol. The molecule has 12 nitrogen and oxygen atoms in total. The van der Waals surface area contributed by atoms with Gasteiger partial charge in [-0.05, 0) is 93.4 Å². The molecule has 3 atom stereocenters. The fourth-order valence-electron chi connectivity index (χ4n) is 3.15. The van der Waals surface area contributed by atoms with Gasteiger partial charge in [-0.3, -0.25) is 4.79 Å². The van der Waals surface area contributed by atoms with Crippen LogP contribution in [0.4, 0.5) is 14.4 Å². The van der Waals surface area contributed by atoms with E-state index in [1.807, 2.05) is 0 Å². The van der Waals surface area contributed by atoms with Gasteiger partial charge in [0.2, 0.25) is 0 Å². The van der Waals surface area contributed by atoms with Crippen molar-refractivity contribution in [1.82, 2.24) is 0 Å². The zero-order valence-corrected chi connectivity index (χ0v) is 24.3. The molecule has 0 aliphatic carbocycles. The molecule has 0 bridgehead atoms. The van der Waals surface area contributed by atoms with E-state index in [0.29, 0.717) is 5.56 Å². The zero-order valence-electron chi connectivity index (χ0n) is 24.3. The van der Waals surface area contributed by atoms with E-state index in [9.17, 15) is 24.3 Å². The molecule has 0 aliphatic rings. The smallest absolute Gasteiger partial charge is 0.480 e. The van der Waals surface area contributed by atoms with Gasteiger partial charge >= 0.3 is 24.4 Å². The number of nitrogens with two attached hydrogens (primary N) is 1. The number of hydrogen-bond donors (Lipinski definition) is 2. The Kier molecular flexibility index (Phi) is 11.2. The number of hydrogen-bond acceptors (Lipinski definition) is 11. The summed E-state index contributed by atoms with van der Waals surface area (Å²) in [5.74, 6) is -2.65. The van der Waals surface area contributed by atoms with Crippen molar-refractivity contribution in [3.05, 3.63) is 23.8 Å². The lowest BCUT2D eigenvalue weighted by Gasteiger charge is -2.26. The number of rotatable bonds is 8. The predicted molar refractivity (Wildman–Crippen MR) is 140 cm³/mol. The summed E-state index contributed by atoms with van der Waals surface area (Å²) in [6.45, 7) is 16.4. The van der Waals surface area contributed by atoms with Crippen LogP contribution in [0.5, 0.6) is 11.5 Å². The average molecular weight is 556 g/mol. The molecule has 220 valence electrons. The van der Waals surface area contributed by atoms with Gasteiger partial charge in [0, 0.05) is 5.92 Å². The van der Waals surface area contributed by atoms with Crippen molar-refractivity contribution in [3.8, 4) is 11.5 Å². The Morgan fingerprint density at radius 1 is 0.769 bits per heavy atom. The normalized spacial score (nSPS) is 14.3. The van der Waals surface area contributed by atoms with Crippen molar-refractivity contribution in [2.24, 2.45) is 5.73 Å². The summed E-state index contributed by atoms with van der Waals surface area (Å²) in [4.78, 5) is 48.6. The van der Waals surface area contributed by atoms with Crippen molar-refractivity contribution in [1.29, 1.82) is 0 Å². The first-order valence-corrected chi connectivity index (χ1v) is 12.4. The Morgan fingerprint density at radius 2 is 1.21 bits per heavy atom. The fraction of sp³-hybridized carbons (Fsp3) is 0.630. The number of carbonyl (C=O) groups is 4.